The number of carboxylic acids is 1. The van der Waals surface area contributed by atoms with Crippen LogP contribution in [0, 0.1) is 11.2 Å². The van der Waals surface area contributed by atoms with Gasteiger partial charge in [0, 0.05) is 6.04 Å². The normalized spacial score (nSPS) is 19.0. The Balaban J connectivity index is 2.23. The van der Waals surface area contributed by atoms with Gasteiger partial charge in [-0.2, -0.15) is 4.98 Å². The van der Waals surface area contributed by atoms with E-state index in [1.54, 1.807) is 0 Å². The van der Waals surface area contributed by atoms with Crippen molar-refractivity contribution < 1.29 is 14.3 Å². The number of hydrogen-bond acceptors (Lipinski definition) is 4. The third-order valence-electron chi connectivity index (χ3n) is 4.24. The average Bonchev–Trinajstić information content (AvgIpc) is 2.42. The van der Waals surface area contributed by atoms with Gasteiger partial charge in [0.05, 0.1) is 12.6 Å². The van der Waals surface area contributed by atoms with Crippen LogP contribution in [0.1, 0.15) is 45.4 Å². The highest BCUT2D eigenvalue weighted by Crippen LogP contribution is 2.41. The lowest BCUT2D eigenvalue weighted by Crippen LogP contribution is -2.42. The number of carboxylic acid groups (broad SMARTS) is 1. The molecule has 0 bridgehead atoms. The second-order valence-corrected chi connectivity index (χ2v) is 6.18. The van der Waals surface area contributed by atoms with Crippen molar-refractivity contribution in [3.8, 4) is 0 Å². The predicted octanol–water partition coefficient (Wildman–Crippen LogP) is 3.49. The minimum Gasteiger partial charge on any atom is -0.481 e. The number of nitrogens with one attached hydrogen (secondary N) is 1. The van der Waals surface area contributed by atoms with Crippen LogP contribution in [0.2, 0.25) is 5.28 Å². The molecule has 1 atom stereocenters. The molecular weight excluding hydrogens is 297 g/mol. The van der Waals surface area contributed by atoms with Crippen molar-refractivity contribution in [3.05, 3.63) is 17.3 Å². The minimum absolute atomic E-state index is 0.0342. The molecule has 0 aliphatic heterocycles. The third-order valence-corrected chi connectivity index (χ3v) is 4.42. The Morgan fingerprint density at radius 3 is 2.81 bits per heavy atom. The van der Waals surface area contributed by atoms with Crippen molar-refractivity contribution in [1.82, 2.24) is 9.97 Å². The molecule has 1 saturated carbocycles. The van der Waals surface area contributed by atoms with Crippen molar-refractivity contribution in [3.63, 3.8) is 0 Å². The standard InChI is InChI=1S/C14H19ClFN3O2/c1-14(5-3-2-4-6-14)10(7-11(20)21)18-12-9(16)8-17-13(15)19-12/h8,10H,2-7H2,1H3,(H,20,21)(H,17,18,19). The van der Waals surface area contributed by atoms with Gasteiger partial charge < -0.3 is 10.4 Å². The smallest absolute Gasteiger partial charge is 0.305 e. The molecule has 0 aromatic carbocycles. The van der Waals surface area contributed by atoms with E-state index in [0.29, 0.717) is 0 Å². The van der Waals surface area contributed by atoms with Gasteiger partial charge in [-0.25, -0.2) is 9.37 Å². The van der Waals surface area contributed by atoms with Gasteiger partial charge in [0.15, 0.2) is 11.6 Å². The van der Waals surface area contributed by atoms with E-state index < -0.39 is 17.8 Å². The summed E-state index contributed by atoms with van der Waals surface area (Å²) in [6.45, 7) is 2.05. The molecule has 2 rings (SSSR count). The molecule has 0 saturated heterocycles. The van der Waals surface area contributed by atoms with Crippen LogP contribution in [0.15, 0.2) is 6.20 Å². The van der Waals surface area contributed by atoms with Gasteiger partial charge in [-0.1, -0.05) is 26.2 Å². The molecule has 1 fully saturated rings. The van der Waals surface area contributed by atoms with E-state index in [-0.39, 0.29) is 22.9 Å². The molecule has 1 aliphatic rings. The van der Waals surface area contributed by atoms with E-state index >= 15 is 0 Å². The van der Waals surface area contributed by atoms with Gasteiger partial charge >= 0.3 is 5.97 Å². The predicted molar refractivity (Wildman–Crippen MR) is 77.9 cm³/mol. The van der Waals surface area contributed by atoms with E-state index in [9.17, 15) is 9.18 Å². The summed E-state index contributed by atoms with van der Waals surface area (Å²) in [6.07, 6.45) is 6.00. The zero-order valence-electron chi connectivity index (χ0n) is 11.9. The number of anilines is 1. The van der Waals surface area contributed by atoms with Crippen molar-refractivity contribution in [1.29, 1.82) is 0 Å². The lowest BCUT2D eigenvalue weighted by atomic mass is 9.69. The Hall–Kier alpha value is -1.43. The molecule has 0 spiro atoms. The van der Waals surface area contributed by atoms with Crippen LogP contribution in [0.3, 0.4) is 0 Å². The maximum absolute atomic E-state index is 13.8. The Kier molecular flexibility index (Phi) is 4.98. The fourth-order valence-corrected chi connectivity index (χ4v) is 3.10. The molecule has 7 heteroatoms. The Morgan fingerprint density at radius 1 is 1.52 bits per heavy atom. The molecular formula is C14H19ClFN3O2. The van der Waals surface area contributed by atoms with E-state index in [1.807, 2.05) is 6.92 Å². The molecule has 0 radical (unpaired) electrons. The lowest BCUT2D eigenvalue weighted by molar-refractivity contribution is -0.138. The highest BCUT2D eigenvalue weighted by molar-refractivity contribution is 6.28. The molecule has 1 heterocycles. The third kappa shape index (κ3) is 4.03. The van der Waals surface area contributed by atoms with E-state index in [2.05, 4.69) is 15.3 Å². The molecule has 1 aromatic heterocycles. The van der Waals surface area contributed by atoms with Gasteiger partial charge in [-0.3, -0.25) is 4.79 Å². The SMILES string of the molecule is CC1(C(CC(=O)O)Nc2nc(Cl)ncc2F)CCCCC1. The molecule has 2 N–H and O–H groups in total. The highest BCUT2D eigenvalue weighted by Gasteiger charge is 2.37. The minimum atomic E-state index is -0.917. The maximum atomic E-state index is 13.8. The fourth-order valence-electron chi connectivity index (χ4n) is 2.97. The number of nitrogens with zero attached hydrogens (tertiary/aromatic N) is 2. The van der Waals surface area contributed by atoms with E-state index in [0.717, 1.165) is 38.3 Å². The average molecular weight is 316 g/mol. The lowest BCUT2D eigenvalue weighted by Gasteiger charge is -2.40. The zero-order chi connectivity index (χ0) is 15.5. The van der Waals surface area contributed by atoms with Gasteiger partial charge in [0.1, 0.15) is 0 Å². The van der Waals surface area contributed by atoms with Crippen LogP contribution in [0.4, 0.5) is 10.2 Å². The molecule has 1 aromatic rings. The first kappa shape index (κ1) is 15.9. The summed E-state index contributed by atoms with van der Waals surface area (Å²) in [7, 11) is 0. The molecule has 5 nitrogen and oxygen atoms in total. The Labute approximate surface area is 127 Å². The molecule has 1 unspecified atom stereocenters. The van der Waals surface area contributed by atoms with Crippen LogP contribution in [0.5, 0.6) is 0 Å². The maximum Gasteiger partial charge on any atom is 0.305 e. The van der Waals surface area contributed by atoms with Gasteiger partial charge in [0.25, 0.3) is 0 Å². The van der Waals surface area contributed by atoms with Gasteiger partial charge in [-0.05, 0) is 29.9 Å². The van der Waals surface area contributed by atoms with Gasteiger partial charge in [0.2, 0.25) is 5.28 Å². The highest BCUT2D eigenvalue weighted by atomic mass is 35.5. The number of hydrogen-bond donors (Lipinski definition) is 2. The summed E-state index contributed by atoms with van der Waals surface area (Å²) in [5, 5.41) is 12.0. The number of halogens is 2. The second kappa shape index (κ2) is 6.56. The number of rotatable bonds is 5. The summed E-state index contributed by atoms with van der Waals surface area (Å²) >= 11 is 5.68. The zero-order valence-corrected chi connectivity index (χ0v) is 12.7. The number of aromatic nitrogens is 2. The summed E-state index contributed by atoms with van der Waals surface area (Å²) in [5.41, 5.74) is -0.194. The molecule has 1 aliphatic carbocycles. The van der Waals surface area contributed by atoms with Crippen LogP contribution in [-0.4, -0.2) is 27.1 Å². The fraction of sp³-hybridized carbons (Fsp3) is 0.643. The van der Waals surface area contributed by atoms with E-state index in [1.165, 1.54) is 0 Å². The number of aliphatic carboxylic acids is 1. The molecule has 116 valence electrons. The first-order chi connectivity index (χ1) is 9.90. The second-order valence-electron chi connectivity index (χ2n) is 5.85. The van der Waals surface area contributed by atoms with Crippen molar-refractivity contribution in [2.24, 2.45) is 5.41 Å². The van der Waals surface area contributed by atoms with Crippen LogP contribution < -0.4 is 5.32 Å². The summed E-state index contributed by atoms with van der Waals surface area (Å²) < 4.78 is 13.8. The first-order valence-corrected chi connectivity index (χ1v) is 7.45. The summed E-state index contributed by atoms with van der Waals surface area (Å²) in [4.78, 5) is 18.5. The van der Waals surface area contributed by atoms with Crippen molar-refractivity contribution >= 4 is 23.4 Å². The first-order valence-electron chi connectivity index (χ1n) is 7.07. The number of carbonyl (C=O) groups is 1. The van der Waals surface area contributed by atoms with Crippen LogP contribution >= 0.6 is 11.6 Å². The Morgan fingerprint density at radius 2 is 2.19 bits per heavy atom. The van der Waals surface area contributed by atoms with Crippen molar-refractivity contribution in [2.45, 2.75) is 51.5 Å². The van der Waals surface area contributed by atoms with Gasteiger partial charge in [-0.15, -0.1) is 0 Å². The summed E-state index contributed by atoms with van der Waals surface area (Å²) in [6, 6.07) is -0.393. The van der Waals surface area contributed by atoms with Crippen molar-refractivity contribution in [2.75, 3.05) is 5.32 Å². The molecule has 0 amide bonds. The van der Waals surface area contributed by atoms with E-state index in [4.69, 9.17) is 16.7 Å². The largest absolute Gasteiger partial charge is 0.481 e. The van der Waals surface area contributed by atoms with Crippen LogP contribution in [0.25, 0.3) is 0 Å². The quantitative estimate of drug-likeness (QED) is 0.813. The van der Waals surface area contributed by atoms with Crippen LogP contribution in [-0.2, 0) is 4.79 Å². The Bertz CT molecular complexity index is 521. The summed E-state index contributed by atoms with van der Waals surface area (Å²) in [5.74, 6) is -1.58. The topological polar surface area (TPSA) is 75.1 Å². The molecule has 21 heavy (non-hydrogen) atoms. The monoisotopic (exact) mass is 315 g/mol.